The molecule has 1 saturated heterocycles. The van der Waals surface area contributed by atoms with Gasteiger partial charge in [-0.3, -0.25) is 4.90 Å². The molecule has 0 radical (unpaired) electrons. The number of nitrogens with one attached hydrogen (secondary N) is 1. The highest BCUT2D eigenvalue weighted by molar-refractivity contribution is 5.04. The van der Waals surface area contributed by atoms with Crippen LogP contribution in [-0.2, 0) is 0 Å². The lowest BCUT2D eigenvalue weighted by Crippen LogP contribution is -2.67. The van der Waals surface area contributed by atoms with E-state index in [2.05, 4.69) is 24.1 Å². The molecule has 2 nitrogen and oxygen atoms in total. The van der Waals surface area contributed by atoms with Gasteiger partial charge in [0.1, 0.15) is 0 Å². The lowest BCUT2D eigenvalue weighted by Gasteiger charge is -2.54. The first-order valence-corrected chi connectivity index (χ1v) is 8.75. The summed E-state index contributed by atoms with van der Waals surface area (Å²) in [4.78, 5) is 2.94. The van der Waals surface area contributed by atoms with Crippen LogP contribution in [0.15, 0.2) is 0 Å². The summed E-state index contributed by atoms with van der Waals surface area (Å²) >= 11 is 0. The molecule has 0 amide bonds. The lowest BCUT2D eigenvalue weighted by molar-refractivity contribution is -0.0233. The molecule has 2 atom stereocenters. The predicted octanol–water partition coefficient (Wildman–Crippen LogP) is 3.56. The Kier molecular flexibility index (Phi) is 4.19. The standard InChI is InChI=1S/C17H32N2/c1-3-7-14(2)19-12-16(15-8-9-15)18-13-17(19)10-5-4-6-11-17/h14-16,18H,3-13H2,1-2H3. The molecule has 2 aliphatic carbocycles. The van der Waals surface area contributed by atoms with Crippen LogP contribution in [0.1, 0.15) is 71.6 Å². The molecule has 110 valence electrons. The smallest absolute Gasteiger partial charge is 0.0337 e. The molecule has 19 heavy (non-hydrogen) atoms. The van der Waals surface area contributed by atoms with Crippen molar-refractivity contribution in [1.82, 2.24) is 10.2 Å². The topological polar surface area (TPSA) is 15.3 Å². The van der Waals surface area contributed by atoms with Crippen molar-refractivity contribution in [2.75, 3.05) is 13.1 Å². The molecule has 3 rings (SSSR count). The Labute approximate surface area is 119 Å². The minimum atomic E-state index is 0.512. The molecular weight excluding hydrogens is 232 g/mol. The van der Waals surface area contributed by atoms with E-state index in [0.717, 1.165) is 18.0 Å². The predicted molar refractivity (Wildman–Crippen MR) is 81.4 cm³/mol. The van der Waals surface area contributed by atoms with E-state index >= 15 is 0 Å². The first-order chi connectivity index (χ1) is 9.25. The molecule has 0 aromatic carbocycles. The zero-order valence-electron chi connectivity index (χ0n) is 13.0. The highest BCUT2D eigenvalue weighted by Gasteiger charge is 2.46. The maximum atomic E-state index is 3.93. The maximum absolute atomic E-state index is 3.93. The fourth-order valence-corrected chi connectivity index (χ4v) is 4.60. The fourth-order valence-electron chi connectivity index (χ4n) is 4.60. The molecule has 2 unspecified atom stereocenters. The Balaban J connectivity index is 1.73. The third-order valence-corrected chi connectivity index (χ3v) is 5.91. The number of rotatable bonds is 4. The van der Waals surface area contributed by atoms with Crippen molar-refractivity contribution in [2.45, 2.75) is 89.3 Å². The summed E-state index contributed by atoms with van der Waals surface area (Å²) in [5.74, 6) is 0.997. The monoisotopic (exact) mass is 264 g/mol. The lowest BCUT2D eigenvalue weighted by atomic mass is 9.77. The van der Waals surface area contributed by atoms with Gasteiger partial charge in [0.25, 0.3) is 0 Å². The van der Waals surface area contributed by atoms with Gasteiger partial charge in [-0.25, -0.2) is 0 Å². The second-order valence-corrected chi connectivity index (χ2v) is 7.40. The summed E-state index contributed by atoms with van der Waals surface area (Å²) in [5.41, 5.74) is 0.512. The molecule has 2 heteroatoms. The van der Waals surface area contributed by atoms with E-state index in [4.69, 9.17) is 0 Å². The van der Waals surface area contributed by atoms with Crippen LogP contribution < -0.4 is 5.32 Å². The van der Waals surface area contributed by atoms with Gasteiger partial charge in [-0.2, -0.15) is 0 Å². The summed E-state index contributed by atoms with van der Waals surface area (Å²) in [6, 6.07) is 1.58. The van der Waals surface area contributed by atoms with E-state index < -0.39 is 0 Å². The molecule has 0 bridgehead atoms. The minimum Gasteiger partial charge on any atom is -0.311 e. The van der Waals surface area contributed by atoms with Crippen molar-refractivity contribution in [3.05, 3.63) is 0 Å². The van der Waals surface area contributed by atoms with Gasteiger partial charge < -0.3 is 5.32 Å². The summed E-state index contributed by atoms with van der Waals surface area (Å²) in [7, 11) is 0. The Morgan fingerprint density at radius 3 is 2.58 bits per heavy atom. The van der Waals surface area contributed by atoms with Crippen LogP contribution in [0.2, 0.25) is 0 Å². The van der Waals surface area contributed by atoms with E-state index in [1.54, 1.807) is 0 Å². The summed E-state index contributed by atoms with van der Waals surface area (Å²) in [6.07, 6.45) is 12.9. The van der Waals surface area contributed by atoms with Gasteiger partial charge in [-0.15, -0.1) is 0 Å². The van der Waals surface area contributed by atoms with Crippen molar-refractivity contribution < 1.29 is 0 Å². The maximum Gasteiger partial charge on any atom is 0.0337 e. The van der Waals surface area contributed by atoms with Gasteiger partial charge in [-0.05, 0) is 44.9 Å². The average Bonchev–Trinajstić information content (AvgIpc) is 3.25. The van der Waals surface area contributed by atoms with Crippen molar-refractivity contribution in [3.8, 4) is 0 Å². The molecule has 1 heterocycles. The molecule has 3 aliphatic rings. The third-order valence-electron chi connectivity index (χ3n) is 5.91. The molecule has 1 spiro atoms. The van der Waals surface area contributed by atoms with Crippen molar-refractivity contribution in [3.63, 3.8) is 0 Å². The van der Waals surface area contributed by atoms with Crippen LogP contribution in [0.25, 0.3) is 0 Å². The SMILES string of the molecule is CCCC(C)N1CC(C2CC2)NCC12CCCCC2. The van der Waals surface area contributed by atoms with Crippen LogP contribution >= 0.6 is 0 Å². The van der Waals surface area contributed by atoms with Crippen LogP contribution in [0, 0.1) is 5.92 Å². The van der Waals surface area contributed by atoms with E-state index in [-0.39, 0.29) is 0 Å². The Morgan fingerprint density at radius 2 is 1.95 bits per heavy atom. The first-order valence-electron chi connectivity index (χ1n) is 8.75. The van der Waals surface area contributed by atoms with Crippen LogP contribution in [-0.4, -0.2) is 35.6 Å². The van der Waals surface area contributed by atoms with Gasteiger partial charge in [0, 0.05) is 30.7 Å². The van der Waals surface area contributed by atoms with E-state index in [0.29, 0.717) is 5.54 Å². The van der Waals surface area contributed by atoms with Crippen LogP contribution in [0.5, 0.6) is 0 Å². The van der Waals surface area contributed by atoms with E-state index in [1.165, 1.54) is 70.9 Å². The molecule has 2 saturated carbocycles. The average molecular weight is 264 g/mol. The summed E-state index contributed by atoms with van der Waals surface area (Å²) in [6.45, 7) is 7.41. The largest absolute Gasteiger partial charge is 0.311 e. The van der Waals surface area contributed by atoms with Crippen molar-refractivity contribution in [1.29, 1.82) is 0 Å². The highest BCUT2D eigenvalue weighted by atomic mass is 15.3. The van der Waals surface area contributed by atoms with Gasteiger partial charge >= 0.3 is 0 Å². The number of nitrogens with zero attached hydrogens (tertiary/aromatic N) is 1. The zero-order valence-corrected chi connectivity index (χ0v) is 13.0. The van der Waals surface area contributed by atoms with Crippen molar-refractivity contribution in [2.24, 2.45) is 5.92 Å². The van der Waals surface area contributed by atoms with E-state index in [9.17, 15) is 0 Å². The minimum absolute atomic E-state index is 0.512. The summed E-state index contributed by atoms with van der Waals surface area (Å²) < 4.78 is 0. The number of hydrogen-bond acceptors (Lipinski definition) is 2. The first kappa shape index (κ1) is 13.9. The number of hydrogen-bond donors (Lipinski definition) is 1. The fraction of sp³-hybridized carbons (Fsp3) is 1.00. The molecule has 0 aromatic rings. The normalized spacial score (nSPS) is 33.5. The Morgan fingerprint density at radius 1 is 1.21 bits per heavy atom. The van der Waals surface area contributed by atoms with Crippen molar-refractivity contribution >= 4 is 0 Å². The molecule has 0 aromatic heterocycles. The van der Waals surface area contributed by atoms with Gasteiger partial charge in [0.2, 0.25) is 0 Å². The van der Waals surface area contributed by atoms with Gasteiger partial charge in [0.05, 0.1) is 0 Å². The Bertz CT molecular complexity index is 292. The van der Waals surface area contributed by atoms with Crippen LogP contribution in [0.3, 0.4) is 0 Å². The number of piperazine rings is 1. The van der Waals surface area contributed by atoms with Gasteiger partial charge in [-0.1, -0.05) is 32.6 Å². The quantitative estimate of drug-likeness (QED) is 0.835. The zero-order chi connectivity index (χ0) is 13.3. The third kappa shape index (κ3) is 2.85. The molecule has 1 aliphatic heterocycles. The summed E-state index contributed by atoms with van der Waals surface area (Å²) in [5, 5.41) is 3.93. The van der Waals surface area contributed by atoms with E-state index in [1.807, 2.05) is 0 Å². The Hall–Kier alpha value is -0.0800. The second-order valence-electron chi connectivity index (χ2n) is 7.40. The molecule has 1 N–H and O–H groups in total. The molecule has 3 fully saturated rings. The second kappa shape index (κ2) is 5.73. The van der Waals surface area contributed by atoms with Crippen LogP contribution in [0.4, 0.5) is 0 Å². The molecular formula is C17H32N2. The highest BCUT2D eigenvalue weighted by Crippen LogP contribution is 2.41. The van der Waals surface area contributed by atoms with Gasteiger partial charge in [0.15, 0.2) is 0 Å².